The summed E-state index contributed by atoms with van der Waals surface area (Å²) in [4.78, 5) is 10.4. The van der Waals surface area contributed by atoms with Crippen LogP contribution in [0.1, 0.15) is 16.0 Å². The third-order valence-corrected chi connectivity index (χ3v) is 4.30. The van der Waals surface area contributed by atoms with Gasteiger partial charge in [-0.3, -0.25) is 10.1 Å². The monoisotopic (exact) mass is 431 g/mol. The average Bonchev–Trinajstić information content (AvgIpc) is 2.39. The van der Waals surface area contributed by atoms with Crippen LogP contribution in [0.4, 0.5) is 5.69 Å². The summed E-state index contributed by atoms with van der Waals surface area (Å²) >= 11 is 5.95. The number of hydrogen-bond donors (Lipinski definition) is 0. The van der Waals surface area contributed by atoms with Crippen molar-refractivity contribution >= 4 is 44.2 Å². The van der Waals surface area contributed by atoms with Gasteiger partial charge in [0.1, 0.15) is 0 Å². The molecule has 0 bridgehead atoms. The van der Waals surface area contributed by atoms with Crippen molar-refractivity contribution in [1.29, 1.82) is 0 Å². The first kappa shape index (κ1) is 14.5. The van der Waals surface area contributed by atoms with E-state index in [1.807, 2.05) is 6.07 Å². The van der Waals surface area contributed by atoms with Crippen LogP contribution in [0.15, 0.2) is 48.5 Å². The zero-order chi connectivity index (χ0) is 13.8. The average molecular weight is 432 g/mol. The van der Waals surface area contributed by atoms with Crippen LogP contribution in [-0.4, -0.2) is 4.92 Å². The van der Waals surface area contributed by atoms with Gasteiger partial charge in [0.15, 0.2) is 0 Å². The predicted molar refractivity (Wildman–Crippen MR) is 87.6 cm³/mol. The minimum atomic E-state index is -0.380. The van der Waals surface area contributed by atoms with E-state index in [1.54, 1.807) is 24.3 Å². The van der Waals surface area contributed by atoms with Crippen LogP contribution in [0, 0.1) is 13.7 Å². The molecule has 0 aliphatic heterocycles. The van der Waals surface area contributed by atoms with E-state index in [2.05, 4.69) is 56.7 Å². The molecule has 0 amide bonds. The summed E-state index contributed by atoms with van der Waals surface area (Å²) < 4.78 is 1.20. The molecule has 5 heteroatoms. The molecule has 0 N–H and O–H groups in total. The van der Waals surface area contributed by atoms with E-state index in [0.29, 0.717) is 0 Å². The highest BCUT2D eigenvalue weighted by Crippen LogP contribution is 2.28. The Bertz CT molecular complexity index is 586. The number of nitro benzene ring substituents is 1. The second-order valence-corrected chi connectivity index (χ2v) is 6.50. The number of hydrogen-bond acceptors (Lipinski definition) is 2. The van der Waals surface area contributed by atoms with Gasteiger partial charge < -0.3 is 0 Å². The molecule has 1 unspecified atom stereocenters. The SMILES string of the molecule is O=[N+]([O-])c1ccc(CC(Br)c2cccc(I)c2)cc1. The second kappa shape index (κ2) is 6.47. The lowest BCUT2D eigenvalue weighted by Crippen LogP contribution is -1.96. The van der Waals surface area contributed by atoms with Crippen LogP contribution in [0.5, 0.6) is 0 Å². The number of non-ortho nitro benzene ring substituents is 1. The maximum atomic E-state index is 10.6. The first-order chi connectivity index (χ1) is 9.06. The largest absolute Gasteiger partial charge is 0.269 e. The van der Waals surface area contributed by atoms with Crippen molar-refractivity contribution in [2.24, 2.45) is 0 Å². The molecule has 3 nitrogen and oxygen atoms in total. The molecule has 2 aromatic rings. The Morgan fingerprint density at radius 3 is 2.47 bits per heavy atom. The number of rotatable bonds is 4. The fraction of sp³-hybridized carbons (Fsp3) is 0.143. The van der Waals surface area contributed by atoms with E-state index in [1.165, 1.54) is 9.13 Å². The molecule has 98 valence electrons. The first-order valence-electron chi connectivity index (χ1n) is 5.69. The number of nitro groups is 1. The summed E-state index contributed by atoms with van der Waals surface area (Å²) in [6.07, 6.45) is 0.804. The topological polar surface area (TPSA) is 43.1 Å². The number of halogens is 2. The minimum absolute atomic E-state index is 0.129. The molecule has 0 saturated carbocycles. The van der Waals surface area contributed by atoms with Crippen LogP contribution < -0.4 is 0 Å². The third kappa shape index (κ3) is 4.01. The minimum Gasteiger partial charge on any atom is -0.258 e. The van der Waals surface area contributed by atoms with Crippen LogP contribution >= 0.6 is 38.5 Å². The summed E-state index contributed by atoms with van der Waals surface area (Å²) in [5.41, 5.74) is 2.42. The van der Waals surface area contributed by atoms with Gasteiger partial charge in [-0.1, -0.05) is 40.2 Å². The molecule has 19 heavy (non-hydrogen) atoms. The summed E-state index contributed by atoms with van der Waals surface area (Å²) in [5, 5.41) is 10.6. The van der Waals surface area contributed by atoms with Gasteiger partial charge >= 0.3 is 0 Å². The highest BCUT2D eigenvalue weighted by Gasteiger charge is 2.10. The quantitative estimate of drug-likeness (QED) is 0.299. The predicted octanol–water partition coefficient (Wildman–Crippen LogP) is 4.88. The molecule has 1 atom stereocenters. The number of benzene rings is 2. The van der Waals surface area contributed by atoms with Crippen LogP contribution in [0.2, 0.25) is 0 Å². The van der Waals surface area contributed by atoms with Crippen molar-refractivity contribution in [1.82, 2.24) is 0 Å². The van der Waals surface area contributed by atoms with Crippen LogP contribution in [0.25, 0.3) is 0 Å². The lowest BCUT2D eigenvalue weighted by molar-refractivity contribution is -0.384. The molecular formula is C14H11BrINO2. The molecular weight excluding hydrogens is 421 g/mol. The molecule has 0 heterocycles. The van der Waals surface area contributed by atoms with Crippen molar-refractivity contribution < 1.29 is 4.92 Å². The Morgan fingerprint density at radius 1 is 1.21 bits per heavy atom. The van der Waals surface area contributed by atoms with Crippen molar-refractivity contribution in [2.45, 2.75) is 11.2 Å². The van der Waals surface area contributed by atoms with Crippen LogP contribution in [0.3, 0.4) is 0 Å². The van der Waals surface area contributed by atoms with E-state index >= 15 is 0 Å². The molecule has 0 saturated heterocycles. The van der Waals surface area contributed by atoms with E-state index in [4.69, 9.17) is 0 Å². The van der Waals surface area contributed by atoms with Gasteiger partial charge in [0.05, 0.1) is 4.92 Å². The summed E-state index contributed by atoms with van der Waals surface area (Å²) in [7, 11) is 0. The second-order valence-electron chi connectivity index (χ2n) is 4.15. The number of nitrogens with zero attached hydrogens (tertiary/aromatic N) is 1. The Labute approximate surface area is 133 Å². The maximum Gasteiger partial charge on any atom is 0.269 e. The first-order valence-corrected chi connectivity index (χ1v) is 7.68. The molecule has 0 aromatic heterocycles. The Balaban J connectivity index is 2.10. The summed E-state index contributed by atoms with van der Waals surface area (Å²) in [6, 6.07) is 15.0. The normalized spacial score (nSPS) is 12.1. The van der Waals surface area contributed by atoms with Gasteiger partial charge in [-0.05, 0) is 52.3 Å². The summed E-state index contributed by atoms with van der Waals surface area (Å²) in [5.74, 6) is 0. The molecule has 2 aromatic carbocycles. The standard InChI is InChI=1S/C14H11BrINO2/c15-14(11-2-1-3-12(16)9-11)8-10-4-6-13(7-5-10)17(18)19/h1-7,9,14H,8H2. The highest BCUT2D eigenvalue weighted by molar-refractivity contribution is 14.1. The summed E-state index contributed by atoms with van der Waals surface area (Å²) in [6.45, 7) is 0. The maximum absolute atomic E-state index is 10.6. The molecule has 0 aliphatic carbocycles. The van der Waals surface area contributed by atoms with Crippen LogP contribution in [-0.2, 0) is 6.42 Å². The van der Waals surface area contributed by atoms with E-state index < -0.39 is 0 Å². The Hall–Kier alpha value is -0.950. The highest BCUT2D eigenvalue weighted by atomic mass is 127. The van der Waals surface area contributed by atoms with Crippen molar-refractivity contribution in [3.63, 3.8) is 0 Å². The van der Waals surface area contributed by atoms with Gasteiger partial charge in [-0.25, -0.2) is 0 Å². The zero-order valence-corrected chi connectivity index (χ0v) is 13.7. The van der Waals surface area contributed by atoms with Crippen molar-refractivity contribution in [3.8, 4) is 0 Å². The third-order valence-electron chi connectivity index (χ3n) is 2.77. The molecule has 2 rings (SSSR count). The number of alkyl halides is 1. The van der Waals surface area contributed by atoms with E-state index in [-0.39, 0.29) is 15.4 Å². The van der Waals surface area contributed by atoms with Gasteiger partial charge in [0, 0.05) is 20.5 Å². The lowest BCUT2D eigenvalue weighted by atomic mass is 10.0. The molecule has 0 spiro atoms. The Kier molecular flexibility index (Phi) is 4.93. The van der Waals surface area contributed by atoms with Crippen molar-refractivity contribution in [2.75, 3.05) is 0 Å². The van der Waals surface area contributed by atoms with Gasteiger partial charge in [0.25, 0.3) is 5.69 Å². The fourth-order valence-electron chi connectivity index (χ4n) is 1.78. The Morgan fingerprint density at radius 2 is 1.89 bits per heavy atom. The molecule has 0 fully saturated rings. The van der Waals surface area contributed by atoms with Gasteiger partial charge in [-0.2, -0.15) is 0 Å². The molecule has 0 radical (unpaired) electrons. The fourth-order valence-corrected chi connectivity index (χ4v) is 3.01. The molecule has 0 aliphatic rings. The zero-order valence-electron chi connectivity index (χ0n) is 9.92. The van der Waals surface area contributed by atoms with Crippen molar-refractivity contribution in [3.05, 3.63) is 73.3 Å². The lowest BCUT2D eigenvalue weighted by Gasteiger charge is -2.10. The van der Waals surface area contributed by atoms with E-state index in [9.17, 15) is 10.1 Å². The van der Waals surface area contributed by atoms with Gasteiger partial charge in [-0.15, -0.1) is 0 Å². The van der Waals surface area contributed by atoms with Gasteiger partial charge in [0.2, 0.25) is 0 Å². The van der Waals surface area contributed by atoms with E-state index in [0.717, 1.165) is 12.0 Å². The smallest absolute Gasteiger partial charge is 0.258 e.